The van der Waals surface area contributed by atoms with Crippen molar-refractivity contribution in [1.29, 1.82) is 0 Å². The van der Waals surface area contributed by atoms with Crippen molar-refractivity contribution < 1.29 is 4.79 Å². The van der Waals surface area contributed by atoms with Crippen LogP contribution < -0.4 is 0 Å². The zero-order valence-electron chi connectivity index (χ0n) is 10.6. The number of amides is 1. The van der Waals surface area contributed by atoms with Crippen LogP contribution in [0.2, 0.25) is 0 Å². The molecular weight excluding hydrogens is 266 g/mol. The Kier molecular flexibility index (Phi) is 5.51. The summed E-state index contributed by atoms with van der Waals surface area (Å²) in [5.74, 6) is 0.838. The van der Waals surface area contributed by atoms with Gasteiger partial charge in [-0.1, -0.05) is 6.07 Å². The molecule has 0 unspecified atom stereocenters. The maximum absolute atomic E-state index is 12.2. The van der Waals surface area contributed by atoms with Gasteiger partial charge in [-0.15, -0.1) is 22.9 Å². The first kappa shape index (κ1) is 13.9. The maximum atomic E-state index is 12.2. The van der Waals surface area contributed by atoms with E-state index in [2.05, 4.69) is 17.5 Å². The minimum absolute atomic E-state index is 0.289. The van der Waals surface area contributed by atoms with Crippen LogP contribution in [0.4, 0.5) is 0 Å². The van der Waals surface area contributed by atoms with Crippen LogP contribution in [0.1, 0.15) is 37.0 Å². The van der Waals surface area contributed by atoms with Crippen LogP contribution in [-0.2, 0) is 11.2 Å². The topological polar surface area (TPSA) is 20.3 Å². The summed E-state index contributed by atoms with van der Waals surface area (Å²) in [6.45, 7) is 0.712. The molecule has 100 valence electrons. The minimum atomic E-state index is 0.289. The van der Waals surface area contributed by atoms with Gasteiger partial charge in [0.25, 0.3) is 0 Å². The van der Waals surface area contributed by atoms with Gasteiger partial charge < -0.3 is 4.90 Å². The van der Waals surface area contributed by atoms with Crippen molar-refractivity contribution in [3.63, 3.8) is 0 Å². The fraction of sp³-hybridized carbons (Fsp3) is 0.643. The Bertz CT molecular complexity index is 362. The molecule has 0 bridgehead atoms. The van der Waals surface area contributed by atoms with E-state index in [1.807, 2.05) is 4.90 Å². The summed E-state index contributed by atoms with van der Waals surface area (Å²) in [5, 5.41) is 2.09. The molecule has 18 heavy (non-hydrogen) atoms. The van der Waals surface area contributed by atoms with Crippen LogP contribution in [0.5, 0.6) is 0 Å². The Labute approximate surface area is 118 Å². The van der Waals surface area contributed by atoms with Gasteiger partial charge in [-0.3, -0.25) is 4.79 Å². The zero-order chi connectivity index (χ0) is 12.8. The van der Waals surface area contributed by atoms with Crippen LogP contribution in [0.3, 0.4) is 0 Å². The van der Waals surface area contributed by atoms with Crippen molar-refractivity contribution in [2.24, 2.45) is 0 Å². The smallest absolute Gasteiger partial charge is 0.222 e. The summed E-state index contributed by atoms with van der Waals surface area (Å²) < 4.78 is 0. The van der Waals surface area contributed by atoms with Crippen molar-refractivity contribution in [3.8, 4) is 0 Å². The van der Waals surface area contributed by atoms with Crippen molar-refractivity contribution in [1.82, 2.24) is 4.90 Å². The molecule has 0 atom stereocenters. The van der Waals surface area contributed by atoms with Crippen molar-refractivity contribution in [2.45, 2.75) is 44.6 Å². The molecule has 1 fully saturated rings. The molecule has 2 rings (SSSR count). The van der Waals surface area contributed by atoms with Crippen LogP contribution >= 0.6 is 22.9 Å². The number of carbonyl (C=O) groups is 1. The van der Waals surface area contributed by atoms with E-state index in [-0.39, 0.29) is 5.91 Å². The normalized spacial score (nSPS) is 15.4. The lowest BCUT2D eigenvalue weighted by atomic mass is 9.91. The van der Waals surface area contributed by atoms with Crippen LogP contribution in [0, 0.1) is 0 Å². The third-order valence-corrected chi connectivity index (χ3v) is 4.66. The lowest BCUT2D eigenvalue weighted by Gasteiger charge is -2.37. The first-order chi connectivity index (χ1) is 8.81. The zero-order valence-corrected chi connectivity index (χ0v) is 12.2. The predicted molar refractivity (Wildman–Crippen MR) is 77.3 cm³/mol. The molecule has 4 heteroatoms. The summed E-state index contributed by atoms with van der Waals surface area (Å²) in [6, 6.07) is 4.67. The fourth-order valence-electron chi connectivity index (χ4n) is 2.31. The number of hydrogen-bond acceptors (Lipinski definition) is 2. The van der Waals surface area contributed by atoms with Gasteiger partial charge in [0.1, 0.15) is 0 Å². The molecule has 1 aliphatic rings. The third-order valence-electron chi connectivity index (χ3n) is 3.56. The molecule has 0 saturated heterocycles. The van der Waals surface area contributed by atoms with Crippen molar-refractivity contribution in [2.75, 3.05) is 12.4 Å². The Morgan fingerprint density at radius 1 is 1.50 bits per heavy atom. The van der Waals surface area contributed by atoms with E-state index in [4.69, 9.17) is 11.6 Å². The number of rotatable bonds is 7. The number of halogens is 1. The highest BCUT2D eigenvalue weighted by Crippen LogP contribution is 2.25. The predicted octanol–water partition coefficient (Wildman–Crippen LogP) is 3.69. The summed E-state index contributed by atoms with van der Waals surface area (Å²) in [5.41, 5.74) is 0. The highest BCUT2D eigenvalue weighted by Gasteiger charge is 2.27. The Morgan fingerprint density at radius 3 is 2.89 bits per heavy atom. The second-order valence-corrected chi connectivity index (χ2v) is 6.20. The van der Waals surface area contributed by atoms with Gasteiger partial charge in [0, 0.05) is 29.8 Å². The van der Waals surface area contributed by atoms with E-state index in [1.54, 1.807) is 11.3 Å². The van der Waals surface area contributed by atoms with Crippen molar-refractivity contribution >= 4 is 28.8 Å². The lowest BCUT2D eigenvalue weighted by molar-refractivity contribution is -0.135. The monoisotopic (exact) mass is 285 g/mol. The molecule has 0 spiro atoms. The van der Waals surface area contributed by atoms with Gasteiger partial charge in [0.15, 0.2) is 0 Å². The lowest BCUT2D eigenvalue weighted by Crippen LogP contribution is -2.45. The van der Waals surface area contributed by atoms with E-state index >= 15 is 0 Å². The number of alkyl halides is 1. The van der Waals surface area contributed by atoms with Crippen LogP contribution in [0.25, 0.3) is 0 Å². The highest BCUT2D eigenvalue weighted by atomic mass is 35.5. The Morgan fingerprint density at radius 2 is 2.33 bits per heavy atom. The third kappa shape index (κ3) is 3.72. The molecule has 1 aromatic rings. The second kappa shape index (κ2) is 7.15. The number of thiophene rings is 1. The molecule has 0 aromatic carbocycles. The van der Waals surface area contributed by atoms with E-state index in [0.29, 0.717) is 24.9 Å². The number of nitrogens with zero attached hydrogens (tertiary/aromatic N) is 1. The highest BCUT2D eigenvalue weighted by molar-refractivity contribution is 7.09. The van der Waals surface area contributed by atoms with Gasteiger partial charge in [-0.25, -0.2) is 0 Å². The standard InChI is InChI=1S/C14H20ClNOS/c15-9-10-16(12-4-1-5-12)14(17)8-2-6-13-7-3-11-18-13/h3,7,11-12H,1-2,4-6,8-10H2. The van der Waals surface area contributed by atoms with E-state index < -0.39 is 0 Å². The minimum Gasteiger partial charge on any atom is -0.339 e. The fourth-order valence-corrected chi connectivity index (χ4v) is 3.25. The quantitative estimate of drug-likeness (QED) is 0.700. The first-order valence-corrected chi connectivity index (χ1v) is 8.10. The average Bonchev–Trinajstić information content (AvgIpc) is 2.79. The molecule has 0 radical (unpaired) electrons. The molecular formula is C14H20ClNOS. The summed E-state index contributed by atoms with van der Waals surface area (Å²) in [6.07, 6.45) is 6.20. The molecule has 1 aromatic heterocycles. The Balaban J connectivity index is 1.74. The van der Waals surface area contributed by atoms with Crippen molar-refractivity contribution in [3.05, 3.63) is 22.4 Å². The SMILES string of the molecule is O=C(CCCc1cccs1)N(CCCl)C1CCC1. The second-order valence-electron chi connectivity index (χ2n) is 4.79. The number of carbonyl (C=O) groups excluding carboxylic acids is 1. The van der Waals surface area contributed by atoms with Crippen LogP contribution in [0.15, 0.2) is 17.5 Å². The summed E-state index contributed by atoms with van der Waals surface area (Å²) >= 11 is 7.56. The van der Waals surface area contributed by atoms with Gasteiger partial charge in [0.05, 0.1) is 0 Å². The van der Waals surface area contributed by atoms with Gasteiger partial charge in [-0.05, 0) is 43.6 Å². The van der Waals surface area contributed by atoms with Gasteiger partial charge in [0.2, 0.25) is 5.91 Å². The molecule has 0 N–H and O–H groups in total. The molecule has 1 amide bonds. The molecule has 2 nitrogen and oxygen atoms in total. The molecule has 1 aliphatic carbocycles. The first-order valence-electron chi connectivity index (χ1n) is 6.69. The van der Waals surface area contributed by atoms with Gasteiger partial charge >= 0.3 is 0 Å². The summed E-state index contributed by atoms with van der Waals surface area (Å²) in [4.78, 5) is 15.5. The van der Waals surface area contributed by atoms with E-state index in [0.717, 1.165) is 25.7 Å². The molecule has 1 heterocycles. The maximum Gasteiger partial charge on any atom is 0.222 e. The summed E-state index contributed by atoms with van der Waals surface area (Å²) in [7, 11) is 0. The molecule has 0 aliphatic heterocycles. The van der Waals surface area contributed by atoms with Gasteiger partial charge in [-0.2, -0.15) is 0 Å². The number of aryl methyl sites for hydroxylation is 1. The van der Waals surface area contributed by atoms with Crippen LogP contribution in [-0.4, -0.2) is 29.3 Å². The van der Waals surface area contributed by atoms with E-state index in [9.17, 15) is 4.79 Å². The van der Waals surface area contributed by atoms with E-state index in [1.165, 1.54) is 11.3 Å². The number of hydrogen-bond donors (Lipinski definition) is 0. The largest absolute Gasteiger partial charge is 0.339 e. The molecule has 1 saturated carbocycles. The Hall–Kier alpha value is -0.540. The average molecular weight is 286 g/mol.